The van der Waals surface area contributed by atoms with Crippen molar-refractivity contribution < 1.29 is 14.3 Å². The standard InChI is InChI=1S/C30H35ClN2O3/c1-5-22(3)32-30(35)27(18-24-13-7-6-8-14-24)33(19-25-15-9-10-16-26(25)31)29(34)20-36-28-17-11-12-21(2)23(28)4/h6-17,22,27H,5,18-20H2,1-4H3,(H,32,35)/t22-,27-/m0/s1. The molecule has 190 valence electrons. The first kappa shape index (κ1) is 27.3. The number of amides is 2. The van der Waals surface area contributed by atoms with Crippen molar-refractivity contribution in [2.75, 3.05) is 6.61 Å². The molecule has 36 heavy (non-hydrogen) atoms. The molecule has 0 saturated heterocycles. The van der Waals surface area contributed by atoms with E-state index >= 15 is 0 Å². The molecule has 0 saturated carbocycles. The Labute approximate surface area is 219 Å². The fourth-order valence-corrected chi connectivity index (χ4v) is 4.10. The van der Waals surface area contributed by atoms with Crippen molar-refractivity contribution in [3.63, 3.8) is 0 Å². The van der Waals surface area contributed by atoms with Crippen LogP contribution < -0.4 is 10.1 Å². The van der Waals surface area contributed by atoms with Crippen LogP contribution in [0, 0.1) is 13.8 Å². The normalized spacial score (nSPS) is 12.5. The lowest BCUT2D eigenvalue weighted by molar-refractivity contribution is -0.143. The molecule has 0 heterocycles. The minimum Gasteiger partial charge on any atom is -0.483 e. The fraction of sp³-hybridized carbons (Fsp3) is 0.333. The van der Waals surface area contributed by atoms with E-state index in [-0.39, 0.29) is 31.0 Å². The van der Waals surface area contributed by atoms with Gasteiger partial charge in [0.15, 0.2) is 6.61 Å². The predicted octanol–water partition coefficient (Wildman–Crippen LogP) is 5.89. The lowest BCUT2D eigenvalue weighted by atomic mass is 10.0. The number of ether oxygens (including phenoxy) is 1. The Kier molecular flexibility index (Phi) is 9.95. The number of benzene rings is 3. The summed E-state index contributed by atoms with van der Waals surface area (Å²) in [6.07, 6.45) is 1.17. The summed E-state index contributed by atoms with van der Waals surface area (Å²) in [5, 5.41) is 3.62. The average molecular weight is 507 g/mol. The molecule has 0 aliphatic carbocycles. The van der Waals surface area contributed by atoms with Crippen molar-refractivity contribution in [2.24, 2.45) is 0 Å². The van der Waals surface area contributed by atoms with Gasteiger partial charge in [0, 0.05) is 24.0 Å². The van der Waals surface area contributed by atoms with Crippen molar-refractivity contribution in [3.8, 4) is 5.75 Å². The third-order valence-corrected chi connectivity index (χ3v) is 6.85. The van der Waals surface area contributed by atoms with Gasteiger partial charge in [-0.1, -0.05) is 79.2 Å². The number of nitrogens with one attached hydrogen (secondary N) is 1. The van der Waals surface area contributed by atoms with Crippen molar-refractivity contribution in [2.45, 2.75) is 59.2 Å². The predicted molar refractivity (Wildman–Crippen MR) is 145 cm³/mol. The van der Waals surface area contributed by atoms with Crippen LogP contribution in [0.2, 0.25) is 5.02 Å². The Bertz CT molecular complexity index is 1170. The van der Waals surface area contributed by atoms with Crippen LogP contribution in [0.15, 0.2) is 72.8 Å². The van der Waals surface area contributed by atoms with E-state index in [0.29, 0.717) is 17.2 Å². The van der Waals surface area contributed by atoms with Gasteiger partial charge in [-0.15, -0.1) is 0 Å². The number of carbonyl (C=O) groups is 2. The first-order chi connectivity index (χ1) is 17.3. The molecule has 2 atom stereocenters. The van der Waals surface area contributed by atoms with Crippen molar-refractivity contribution in [3.05, 3.63) is 100 Å². The molecule has 1 N–H and O–H groups in total. The monoisotopic (exact) mass is 506 g/mol. The highest BCUT2D eigenvalue weighted by Crippen LogP contribution is 2.23. The molecule has 0 unspecified atom stereocenters. The van der Waals surface area contributed by atoms with Gasteiger partial charge in [0.05, 0.1) is 0 Å². The van der Waals surface area contributed by atoms with Gasteiger partial charge in [-0.05, 0) is 61.6 Å². The summed E-state index contributed by atoms with van der Waals surface area (Å²) in [5.74, 6) is 0.182. The highest BCUT2D eigenvalue weighted by molar-refractivity contribution is 6.31. The van der Waals surface area contributed by atoms with E-state index in [1.807, 2.05) is 94.4 Å². The zero-order valence-corrected chi connectivity index (χ0v) is 22.2. The summed E-state index contributed by atoms with van der Waals surface area (Å²) < 4.78 is 5.95. The maximum Gasteiger partial charge on any atom is 0.261 e. The zero-order chi connectivity index (χ0) is 26.1. The summed E-state index contributed by atoms with van der Waals surface area (Å²) in [5.41, 5.74) is 3.81. The summed E-state index contributed by atoms with van der Waals surface area (Å²) in [6, 6.07) is 22.1. The second-order valence-electron chi connectivity index (χ2n) is 9.12. The molecule has 5 nitrogen and oxygen atoms in total. The molecule has 0 aromatic heterocycles. The summed E-state index contributed by atoms with van der Waals surface area (Å²) >= 11 is 6.47. The molecule has 3 aromatic carbocycles. The second kappa shape index (κ2) is 13.1. The van der Waals surface area contributed by atoms with E-state index in [1.165, 1.54) is 0 Å². The van der Waals surface area contributed by atoms with Gasteiger partial charge in [0.25, 0.3) is 5.91 Å². The number of aryl methyl sites for hydroxylation is 1. The second-order valence-corrected chi connectivity index (χ2v) is 9.53. The van der Waals surface area contributed by atoms with Crippen LogP contribution in [0.25, 0.3) is 0 Å². The largest absolute Gasteiger partial charge is 0.483 e. The van der Waals surface area contributed by atoms with E-state index in [0.717, 1.165) is 28.7 Å². The van der Waals surface area contributed by atoms with Gasteiger partial charge in [-0.25, -0.2) is 0 Å². The quantitative estimate of drug-likeness (QED) is 0.352. The topological polar surface area (TPSA) is 58.6 Å². The van der Waals surface area contributed by atoms with Crippen molar-refractivity contribution in [1.82, 2.24) is 10.2 Å². The Balaban J connectivity index is 1.94. The number of hydrogen-bond acceptors (Lipinski definition) is 3. The Hall–Kier alpha value is -3.31. The molecule has 6 heteroatoms. The van der Waals surface area contributed by atoms with E-state index in [4.69, 9.17) is 16.3 Å². The van der Waals surface area contributed by atoms with Crippen LogP contribution in [-0.2, 0) is 22.6 Å². The number of halogens is 1. The average Bonchev–Trinajstić information content (AvgIpc) is 2.88. The Morgan fingerprint density at radius 1 is 0.972 bits per heavy atom. The number of rotatable bonds is 11. The fourth-order valence-electron chi connectivity index (χ4n) is 3.91. The molecular formula is C30H35ClN2O3. The number of carbonyl (C=O) groups excluding carboxylic acids is 2. The summed E-state index contributed by atoms with van der Waals surface area (Å²) in [7, 11) is 0. The minimum atomic E-state index is -0.729. The number of hydrogen-bond donors (Lipinski definition) is 1. The minimum absolute atomic E-state index is 0.0146. The molecule has 0 fully saturated rings. The SMILES string of the molecule is CC[C@H](C)NC(=O)[C@H](Cc1ccccc1)N(Cc1ccccc1Cl)C(=O)COc1cccc(C)c1C. The van der Waals surface area contributed by atoms with E-state index < -0.39 is 6.04 Å². The van der Waals surface area contributed by atoms with Gasteiger partial charge in [0.2, 0.25) is 5.91 Å². The summed E-state index contributed by atoms with van der Waals surface area (Å²) in [4.78, 5) is 28.8. The number of nitrogens with zero attached hydrogens (tertiary/aromatic N) is 1. The van der Waals surface area contributed by atoms with Crippen LogP contribution >= 0.6 is 11.6 Å². The molecule has 0 bridgehead atoms. The highest BCUT2D eigenvalue weighted by atomic mass is 35.5. The third kappa shape index (κ3) is 7.34. The molecule has 0 spiro atoms. The lowest BCUT2D eigenvalue weighted by Gasteiger charge is -2.32. The molecule has 0 aliphatic rings. The highest BCUT2D eigenvalue weighted by Gasteiger charge is 2.31. The Morgan fingerprint density at radius 3 is 2.36 bits per heavy atom. The first-order valence-electron chi connectivity index (χ1n) is 12.4. The van der Waals surface area contributed by atoms with Crippen molar-refractivity contribution >= 4 is 23.4 Å². The maximum atomic E-state index is 13.7. The van der Waals surface area contributed by atoms with Crippen LogP contribution in [0.3, 0.4) is 0 Å². The molecule has 3 rings (SSSR count). The van der Waals surface area contributed by atoms with Gasteiger partial charge < -0.3 is 15.0 Å². The zero-order valence-electron chi connectivity index (χ0n) is 21.5. The first-order valence-corrected chi connectivity index (χ1v) is 12.7. The lowest BCUT2D eigenvalue weighted by Crippen LogP contribution is -2.53. The van der Waals surface area contributed by atoms with E-state index in [9.17, 15) is 9.59 Å². The molecular weight excluding hydrogens is 472 g/mol. The summed E-state index contributed by atoms with van der Waals surface area (Å²) in [6.45, 7) is 7.96. The van der Waals surface area contributed by atoms with Crippen molar-refractivity contribution in [1.29, 1.82) is 0 Å². The van der Waals surface area contributed by atoms with Gasteiger partial charge >= 0.3 is 0 Å². The van der Waals surface area contributed by atoms with E-state index in [1.54, 1.807) is 11.0 Å². The molecule has 3 aromatic rings. The smallest absolute Gasteiger partial charge is 0.261 e. The van der Waals surface area contributed by atoms with Gasteiger partial charge in [0.1, 0.15) is 11.8 Å². The van der Waals surface area contributed by atoms with Gasteiger partial charge in [-0.2, -0.15) is 0 Å². The van der Waals surface area contributed by atoms with Gasteiger partial charge in [-0.3, -0.25) is 9.59 Å². The van der Waals surface area contributed by atoms with Crippen LogP contribution in [0.4, 0.5) is 0 Å². The molecule has 2 amide bonds. The Morgan fingerprint density at radius 2 is 1.67 bits per heavy atom. The molecule has 0 aliphatic heterocycles. The third-order valence-electron chi connectivity index (χ3n) is 6.48. The van der Waals surface area contributed by atoms with Crippen LogP contribution in [-0.4, -0.2) is 35.4 Å². The van der Waals surface area contributed by atoms with Crippen LogP contribution in [0.1, 0.15) is 42.5 Å². The molecule has 0 radical (unpaired) electrons. The van der Waals surface area contributed by atoms with Crippen LogP contribution in [0.5, 0.6) is 5.75 Å². The maximum absolute atomic E-state index is 13.7. The van der Waals surface area contributed by atoms with E-state index in [2.05, 4.69) is 5.32 Å².